The van der Waals surface area contributed by atoms with Crippen LogP contribution in [0.2, 0.25) is 0 Å². The van der Waals surface area contributed by atoms with Gasteiger partial charge in [-0.15, -0.1) is 11.3 Å². The lowest BCUT2D eigenvalue weighted by molar-refractivity contribution is -0.0769. The van der Waals surface area contributed by atoms with E-state index in [-0.39, 0.29) is 30.3 Å². The summed E-state index contributed by atoms with van der Waals surface area (Å²) in [5, 5.41) is 28.8. The van der Waals surface area contributed by atoms with Crippen molar-refractivity contribution in [3.63, 3.8) is 0 Å². The SMILES string of the molecule is CC1=CCCC2(C)C(CCC2(O)CN(CCc2cccs2)C(=O)NC(C)C)c2ccc(cc2C(=O)c2ccccc2)CC(O)CC1. The molecule has 2 amide bonds. The van der Waals surface area contributed by atoms with E-state index in [9.17, 15) is 19.8 Å². The average molecular weight is 643 g/mol. The van der Waals surface area contributed by atoms with Crippen molar-refractivity contribution in [2.24, 2.45) is 5.41 Å². The summed E-state index contributed by atoms with van der Waals surface area (Å²) in [6, 6.07) is 19.4. The molecule has 0 radical (unpaired) electrons. The summed E-state index contributed by atoms with van der Waals surface area (Å²) in [4.78, 5) is 30.7. The highest BCUT2D eigenvalue weighted by Crippen LogP contribution is 2.59. The number of allylic oxidation sites excluding steroid dienone is 2. The number of hydrogen-bond donors (Lipinski definition) is 3. The Bertz CT molecular complexity index is 1520. The largest absolute Gasteiger partial charge is 0.393 e. The number of aliphatic hydroxyl groups is 2. The van der Waals surface area contributed by atoms with Gasteiger partial charge in [-0.2, -0.15) is 0 Å². The van der Waals surface area contributed by atoms with Gasteiger partial charge in [-0.1, -0.05) is 67.1 Å². The molecule has 246 valence electrons. The van der Waals surface area contributed by atoms with Crippen molar-refractivity contribution in [1.29, 1.82) is 0 Å². The predicted molar refractivity (Wildman–Crippen MR) is 187 cm³/mol. The fraction of sp³-hybridized carbons (Fsp3) is 0.487. The molecule has 4 atom stereocenters. The van der Waals surface area contributed by atoms with E-state index in [2.05, 4.69) is 48.8 Å². The first-order valence-electron chi connectivity index (χ1n) is 16.9. The van der Waals surface area contributed by atoms with Crippen LogP contribution in [0.1, 0.15) is 104 Å². The number of nitrogens with one attached hydrogen (secondary N) is 1. The minimum Gasteiger partial charge on any atom is -0.393 e. The number of fused-ring (bicyclic) bond motifs is 8. The lowest BCUT2D eigenvalue weighted by Gasteiger charge is -2.46. The molecule has 46 heavy (non-hydrogen) atoms. The molecule has 6 rings (SSSR count). The molecule has 3 aliphatic carbocycles. The van der Waals surface area contributed by atoms with Crippen LogP contribution in [-0.2, 0) is 12.8 Å². The zero-order chi connectivity index (χ0) is 32.9. The van der Waals surface area contributed by atoms with Gasteiger partial charge >= 0.3 is 6.03 Å². The molecule has 1 fully saturated rings. The Labute approximate surface area is 278 Å². The summed E-state index contributed by atoms with van der Waals surface area (Å²) in [6.07, 6.45) is 7.13. The van der Waals surface area contributed by atoms with Crippen molar-refractivity contribution >= 4 is 23.2 Å². The Morgan fingerprint density at radius 2 is 1.85 bits per heavy atom. The number of carbonyl (C=O) groups is 2. The first-order valence-corrected chi connectivity index (χ1v) is 17.7. The van der Waals surface area contributed by atoms with Gasteiger partial charge in [0.05, 0.1) is 18.2 Å². The van der Waals surface area contributed by atoms with Gasteiger partial charge in [0.25, 0.3) is 0 Å². The third-order valence-corrected chi connectivity index (χ3v) is 11.2. The zero-order valence-electron chi connectivity index (χ0n) is 27.8. The maximum Gasteiger partial charge on any atom is 0.317 e. The summed E-state index contributed by atoms with van der Waals surface area (Å²) in [6.45, 7) is 8.93. The van der Waals surface area contributed by atoms with Gasteiger partial charge in [0.15, 0.2) is 5.78 Å². The smallest absolute Gasteiger partial charge is 0.317 e. The van der Waals surface area contributed by atoms with Crippen molar-refractivity contribution in [3.05, 3.63) is 105 Å². The van der Waals surface area contributed by atoms with E-state index in [1.807, 2.05) is 56.3 Å². The molecule has 2 aromatic carbocycles. The molecule has 4 unspecified atom stereocenters. The number of thiophene rings is 1. The second-order valence-corrected chi connectivity index (χ2v) is 15.0. The molecule has 3 aliphatic rings. The highest BCUT2D eigenvalue weighted by atomic mass is 32.1. The normalized spacial score (nSPS) is 25.1. The van der Waals surface area contributed by atoms with E-state index in [1.165, 1.54) is 10.5 Å². The minimum atomic E-state index is -1.16. The first kappa shape index (κ1) is 34.1. The van der Waals surface area contributed by atoms with Gasteiger partial charge in [0.1, 0.15) is 0 Å². The van der Waals surface area contributed by atoms with Gasteiger partial charge in [0, 0.05) is 34.0 Å². The molecule has 1 saturated carbocycles. The summed E-state index contributed by atoms with van der Waals surface area (Å²) in [7, 11) is 0. The third kappa shape index (κ3) is 7.64. The fourth-order valence-corrected chi connectivity index (χ4v) is 8.25. The van der Waals surface area contributed by atoms with Crippen molar-refractivity contribution in [2.75, 3.05) is 13.1 Å². The molecule has 2 bridgehead atoms. The van der Waals surface area contributed by atoms with Crippen LogP contribution >= 0.6 is 11.3 Å². The maximum atomic E-state index is 14.1. The molecular formula is C39H50N2O4S. The summed E-state index contributed by atoms with van der Waals surface area (Å²) in [5.41, 5.74) is 2.62. The summed E-state index contributed by atoms with van der Waals surface area (Å²) < 4.78 is 0. The van der Waals surface area contributed by atoms with Crippen LogP contribution in [0.5, 0.6) is 0 Å². The number of aliphatic hydroxyl groups excluding tert-OH is 1. The number of urea groups is 1. The van der Waals surface area contributed by atoms with E-state index in [1.54, 1.807) is 16.2 Å². The Kier molecular flexibility index (Phi) is 10.9. The zero-order valence-corrected chi connectivity index (χ0v) is 28.6. The van der Waals surface area contributed by atoms with Crippen LogP contribution in [0, 0.1) is 5.41 Å². The number of nitrogens with zero attached hydrogens (tertiary/aromatic N) is 1. The molecular weight excluding hydrogens is 593 g/mol. The predicted octanol–water partition coefficient (Wildman–Crippen LogP) is 7.68. The molecule has 0 saturated heterocycles. The van der Waals surface area contributed by atoms with Crippen molar-refractivity contribution in [3.8, 4) is 0 Å². The Balaban J connectivity index is 1.56. The van der Waals surface area contributed by atoms with E-state index in [0.717, 1.165) is 30.4 Å². The second-order valence-electron chi connectivity index (χ2n) is 14.0. The maximum absolute atomic E-state index is 14.1. The van der Waals surface area contributed by atoms with Gasteiger partial charge < -0.3 is 20.4 Å². The monoisotopic (exact) mass is 642 g/mol. The molecule has 0 aliphatic heterocycles. The number of carbonyl (C=O) groups excluding carboxylic acids is 2. The molecule has 0 spiro atoms. The number of hydrogen-bond acceptors (Lipinski definition) is 5. The molecule has 3 aromatic rings. The summed E-state index contributed by atoms with van der Waals surface area (Å²) in [5.74, 6) is -0.135. The highest BCUT2D eigenvalue weighted by Gasteiger charge is 2.57. The van der Waals surface area contributed by atoms with Crippen molar-refractivity contribution < 1.29 is 19.8 Å². The molecule has 1 heterocycles. The molecule has 7 heteroatoms. The van der Waals surface area contributed by atoms with Crippen LogP contribution in [0.15, 0.2) is 77.7 Å². The van der Waals surface area contributed by atoms with Crippen molar-refractivity contribution in [2.45, 2.75) is 103 Å². The number of benzene rings is 2. The quantitative estimate of drug-likeness (QED) is 0.174. The molecule has 6 nitrogen and oxygen atoms in total. The topological polar surface area (TPSA) is 89.9 Å². The lowest BCUT2D eigenvalue weighted by Crippen LogP contribution is -2.56. The van der Waals surface area contributed by atoms with Crippen LogP contribution in [0.4, 0.5) is 4.79 Å². The van der Waals surface area contributed by atoms with Gasteiger partial charge in [0.2, 0.25) is 0 Å². The van der Waals surface area contributed by atoms with Crippen LogP contribution in [0.25, 0.3) is 0 Å². The number of rotatable bonds is 8. The van der Waals surface area contributed by atoms with Crippen LogP contribution < -0.4 is 5.32 Å². The minimum absolute atomic E-state index is 0.0237. The third-order valence-electron chi connectivity index (χ3n) is 10.3. The fourth-order valence-electron chi connectivity index (χ4n) is 7.55. The van der Waals surface area contributed by atoms with Gasteiger partial charge in [-0.05, 0) is 107 Å². The second kappa shape index (κ2) is 14.7. The first-order chi connectivity index (χ1) is 22.0. The van der Waals surface area contributed by atoms with E-state index in [0.29, 0.717) is 49.8 Å². The van der Waals surface area contributed by atoms with Crippen LogP contribution in [0.3, 0.4) is 0 Å². The average Bonchev–Trinajstić information content (AvgIpc) is 3.64. The number of ketones is 1. The van der Waals surface area contributed by atoms with Crippen molar-refractivity contribution in [1.82, 2.24) is 10.2 Å². The molecule has 3 N–H and O–H groups in total. The van der Waals surface area contributed by atoms with E-state index >= 15 is 0 Å². The van der Waals surface area contributed by atoms with E-state index in [4.69, 9.17) is 0 Å². The van der Waals surface area contributed by atoms with Gasteiger partial charge in [-0.25, -0.2) is 4.79 Å². The summed E-state index contributed by atoms with van der Waals surface area (Å²) >= 11 is 1.68. The Hall–Kier alpha value is -3.26. The van der Waals surface area contributed by atoms with Gasteiger partial charge in [-0.3, -0.25) is 4.79 Å². The Morgan fingerprint density at radius 1 is 1.07 bits per heavy atom. The molecule has 1 aromatic heterocycles. The van der Waals surface area contributed by atoms with Crippen LogP contribution in [-0.4, -0.2) is 57.8 Å². The highest BCUT2D eigenvalue weighted by molar-refractivity contribution is 7.09. The lowest BCUT2D eigenvalue weighted by atomic mass is 9.64. The number of amides is 2. The Morgan fingerprint density at radius 3 is 2.57 bits per heavy atom. The van der Waals surface area contributed by atoms with E-state index < -0.39 is 17.1 Å². The standard InChI is InChI=1S/C39H50N2O4S/c1-27(2)40-37(44)41(22-19-32-13-9-23-46-32)26-39(45)21-18-35-33-17-15-29(25-34(33)36(43)30-11-6-5-7-12-30)24-31(42)16-14-28(3)10-8-20-38(35,39)4/h5-7,9-13,15,17,23,25,27,31,35,42,45H,8,14,16,18-22,24,26H2,1-4H3,(H,40,44).